The van der Waals surface area contributed by atoms with Gasteiger partial charge in [-0.1, -0.05) is 26.8 Å². The summed E-state index contributed by atoms with van der Waals surface area (Å²) in [7, 11) is 3.36. The molecule has 0 heterocycles. The molecule has 0 aromatic heterocycles. The quantitative estimate of drug-likeness (QED) is 0.784. The molecule has 0 aliphatic carbocycles. The van der Waals surface area contributed by atoms with Crippen LogP contribution in [0.5, 0.6) is 0 Å². The molecule has 24 heavy (non-hydrogen) atoms. The first-order valence-corrected chi connectivity index (χ1v) is 8.01. The molecule has 6 heteroatoms. The van der Waals surface area contributed by atoms with Gasteiger partial charge >= 0.3 is 0 Å². The smallest absolute Gasteiger partial charge is 0.253 e. The molecule has 2 N–H and O–H groups in total. The Labute approximate surface area is 143 Å². The Morgan fingerprint density at radius 3 is 2.38 bits per heavy atom. The highest BCUT2D eigenvalue weighted by molar-refractivity contribution is 5.97. The van der Waals surface area contributed by atoms with E-state index in [-0.39, 0.29) is 17.7 Å². The zero-order valence-electron chi connectivity index (χ0n) is 15.1. The van der Waals surface area contributed by atoms with Crippen molar-refractivity contribution in [2.24, 2.45) is 5.41 Å². The van der Waals surface area contributed by atoms with E-state index in [2.05, 4.69) is 10.6 Å². The van der Waals surface area contributed by atoms with Crippen molar-refractivity contribution in [3.05, 3.63) is 29.8 Å². The molecular weight excluding hydrogens is 306 g/mol. The van der Waals surface area contributed by atoms with Crippen LogP contribution in [0.15, 0.2) is 24.3 Å². The molecular formula is C18H27N3O3. The molecule has 0 saturated heterocycles. The van der Waals surface area contributed by atoms with Crippen molar-refractivity contribution in [1.29, 1.82) is 0 Å². The Bertz CT molecular complexity index is 604. The number of benzene rings is 1. The van der Waals surface area contributed by atoms with Crippen molar-refractivity contribution < 1.29 is 14.4 Å². The van der Waals surface area contributed by atoms with E-state index < -0.39 is 5.41 Å². The van der Waals surface area contributed by atoms with E-state index in [9.17, 15) is 14.4 Å². The Kier molecular flexibility index (Phi) is 6.95. The predicted octanol–water partition coefficient (Wildman–Crippen LogP) is 2.27. The van der Waals surface area contributed by atoms with Gasteiger partial charge in [-0.2, -0.15) is 0 Å². The van der Waals surface area contributed by atoms with Crippen LogP contribution in [0.3, 0.4) is 0 Å². The summed E-state index contributed by atoms with van der Waals surface area (Å²) in [6.45, 7) is 5.99. The lowest BCUT2D eigenvalue weighted by Crippen LogP contribution is -2.35. The van der Waals surface area contributed by atoms with Gasteiger partial charge in [0.2, 0.25) is 11.8 Å². The minimum Gasteiger partial charge on any atom is -0.356 e. The van der Waals surface area contributed by atoms with E-state index in [4.69, 9.17) is 0 Å². The van der Waals surface area contributed by atoms with Crippen molar-refractivity contribution in [2.75, 3.05) is 26.0 Å². The van der Waals surface area contributed by atoms with Gasteiger partial charge in [-0.3, -0.25) is 14.4 Å². The van der Waals surface area contributed by atoms with E-state index in [1.165, 1.54) is 4.90 Å². The minimum atomic E-state index is -0.429. The largest absolute Gasteiger partial charge is 0.356 e. The Morgan fingerprint density at radius 1 is 1.12 bits per heavy atom. The van der Waals surface area contributed by atoms with Gasteiger partial charge in [0.1, 0.15) is 0 Å². The van der Waals surface area contributed by atoms with Crippen LogP contribution in [-0.4, -0.2) is 43.3 Å². The highest BCUT2D eigenvalue weighted by Gasteiger charge is 2.20. The summed E-state index contributed by atoms with van der Waals surface area (Å²) in [5, 5.41) is 5.58. The van der Waals surface area contributed by atoms with Gasteiger partial charge in [-0.15, -0.1) is 0 Å². The molecule has 132 valence electrons. The number of nitrogens with one attached hydrogen (secondary N) is 2. The first-order chi connectivity index (χ1) is 11.1. The number of carbonyl (C=O) groups is 3. The number of nitrogens with zero attached hydrogens (tertiary/aromatic N) is 1. The maximum absolute atomic E-state index is 11.9. The first-order valence-electron chi connectivity index (χ1n) is 8.01. The maximum Gasteiger partial charge on any atom is 0.253 e. The minimum absolute atomic E-state index is 0.0298. The number of carbonyl (C=O) groups excluding carboxylic acids is 3. The summed E-state index contributed by atoms with van der Waals surface area (Å²) in [5.41, 5.74) is 0.684. The molecule has 0 saturated carbocycles. The summed E-state index contributed by atoms with van der Waals surface area (Å²) < 4.78 is 0. The second-order valence-corrected chi connectivity index (χ2v) is 6.94. The summed E-state index contributed by atoms with van der Waals surface area (Å²) in [5.74, 6) is -0.289. The second-order valence-electron chi connectivity index (χ2n) is 6.94. The topological polar surface area (TPSA) is 78.5 Å². The highest BCUT2D eigenvalue weighted by Crippen LogP contribution is 2.13. The summed E-state index contributed by atoms with van der Waals surface area (Å²) in [6, 6.07) is 6.84. The molecule has 0 aliphatic heterocycles. The zero-order chi connectivity index (χ0) is 18.3. The number of hydrogen-bond acceptors (Lipinski definition) is 3. The summed E-state index contributed by atoms with van der Waals surface area (Å²) in [6.07, 6.45) is 0.861. The molecule has 0 atom stereocenters. The molecule has 0 unspecified atom stereocenters. The third-order valence-electron chi connectivity index (χ3n) is 3.35. The molecule has 6 nitrogen and oxygen atoms in total. The average Bonchev–Trinajstić information content (AvgIpc) is 2.49. The van der Waals surface area contributed by atoms with Crippen molar-refractivity contribution in [3.63, 3.8) is 0 Å². The van der Waals surface area contributed by atoms with E-state index in [0.717, 1.165) is 0 Å². The normalized spacial score (nSPS) is 10.9. The SMILES string of the molecule is CN(C)C(=O)c1cccc(NC(=O)CCCNC(=O)C(C)(C)C)c1. The molecule has 0 radical (unpaired) electrons. The number of rotatable bonds is 6. The summed E-state index contributed by atoms with van der Waals surface area (Å²) in [4.78, 5) is 37.1. The van der Waals surface area contributed by atoms with Crippen LogP contribution in [-0.2, 0) is 9.59 Å². The monoisotopic (exact) mass is 333 g/mol. The third-order valence-corrected chi connectivity index (χ3v) is 3.35. The highest BCUT2D eigenvalue weighted by atomic mass is 16.2. The van der Waals surface area contributed by atoms with Crippen molar-refractivity contribution in [2.45, 2.75) is 33.6 Å². The first kappa shape index (κ1) is 19.7. The Morgan fingerprint density at radius 2 is 1.79 bits per heavy atom. The van der Waals surface area contributed by atoms with Gasteiger partial charge in [-0.25, -0.2) is 0 Å². The standard InChI is InChI=1S/C18H27N3O3/c1-18(2,3)17(24)19-11-7-10-15(22)20-14-9-6-8-13(12-14)16(23)21(4)5/h6,8-9,12H,7,10-11H2,1-5H3,(H,19,24)(H,20,22). The van der Waals surface area contributed by atoms with Gasteiger partial charge < -0.3 is 15.5 Å². The average molecular weight is 333 g/mol. The Hall–Kier alpha value is -2.37. The second kappa shape index (κ2) is 8.47. The zero-order valence-corrected chi connectivity index (χ0v) is 15.1. The van der Waals surface area contributed by atoms with Crippen LogP contribution in [0.4, 0.5) is 5.69 Å². The molecule has 1 rings (SSSR count). The van der Waals surface area contributed by atoms with E-state index in [1.807, 2.05) is 20.8 Å². The molecule has 0 bridgehead atoms. The molecule has 1 aromatic rings. The van der Waals surface area contributed by atoms with Crippen LogP contribution in [0.1, 0.15) is 44.0 Å². The van der Waals surface area contributed by atoms with Crippen LogP contribution in [0.2, 0.25) is 0 Å². The van der Waals surface area contributed by atoms with E-state index >= 15 is 0 Å². The number of hydrogen-bond donors (Lipinski definition) is 2. The van der Waals surface area contributed by atoms with Crippen LogP contribution in [0, 0.1) is 5.41 Å². The fourth-order valence-corrected chi connectivity index (χ4v) is 1.93. The Balaban J connectivity index is 2.45. The third kappa shape index (κ3) is 6.40. The fourth-order valence-electron chi connectivity index (χ4n) is 1.93. The lowest BCUT2D eigenvalue weighted by Gasteiger charge is -2.17. The van der Waals surface area contributed by atoms with E-state index in [1.54, 1.807) is 38.4 Å². The van der Waals surface area contributed by atoms with Crippen molar-refractivity contribution in [1.82, 2.24) is 10.2 Å². The van der Waals surface area contributed by atoms with Crippen LogP contribution >= 0.6 is 0 Å². The predicted molar refractivity (Wildman–Crippen MR) is 94.8 cm³/mol. The number of amides is 3. The maximum atomic E-state index is 11.9. The number of anilines is 1. The molecule has 0 fully saturated rings. The van der Waals surface area contributed by atoms with Crippen molar-refractivity contribution in [3.8, 4) is 0 Å². The lowest BCUT2D eigenvalue weighted by molar-refractivity contribution is -0.128. The molecule has 0 spiro atoms. The van der Waals surface area contributed by atoms with Crippen LogP contribution in [0.25, 0.3) is 0 Å². The van der Waals surface area contributed by atoms with Gasteiger partial charge in [0.15, 0.2) is 0 Å². The van der Waals surface area contributed by atoms with Gasteiger partial charge in [0.25, 0.3) is 5.91 Å². The fraction of sp³-hybridized carbons (Fsp3) is 0.500. The van der Waals surface area contributed by atoms with Crippen LogP contribution < -0.4 is 10.6 Å². The molecule has 1 aromatic carbocycles. The lowest BCUT2D eigenvalue weighted by atomic mass is 9.96. The molecule has 0 aliphatic rings. The summed E-state index contributed by atoms with van der Waals surface area (Å²) >= 11 is 0. The van der Waals surface area contributed by atoms with Crippen molar-refractivity contribution >= 4 is 23.4 Å². The van der Waals surface area contributed by atoms with Gasteiger partial charge in [0.05, 0.1) is 0 Å². The molecule has 3 amide bonds. The van der Waals surface area contributed by atoms with E-state index in [0.29, 0.717) is 30.6 Å². The van der Waals surface area contributed by atoms with Gasteiger partial charge in [-0.05, 0) is 24.6 Å². The van der Waals surface area contributed by atoms with Gasteiger partial charge in [0, 0.05) is 43.7 Å².